The lowest BCUT2D eigenvalue weighted by molar-refractivity contribution is -0.137. The predicted molar refractivity (Wildman–Crippen MR) is 64.0 cm³/mol. The first-order chi connectivity index (χ1) is 6.82. The van der Waals surface area contributed by atoms with Gasteiger partial charge in [-0.3, -0.25) is 4.79 Å². The smallest absolute Gasteiger partial charge is 0.303 e. The highest BCUT2D eigenvalue weighted by molar-refractivity contribution is 9.11. The van der Waals surface area contributed by atoms with E-state index in [0.29, 0.717) is 4.48 Å². The van der Waals surface area contributed by atoms with E-state index in [1.807, 2.05) is 0 Å². The average Bonchev–Trinajstić information content (AvgIpc) is 1.99. The van der Waals surface area contributed by atoms with Crippen LogP contribution >= 0.6 is 15.9 Å². The fraction of sp³-hybridized carbons (Fsp3) is 0.364. The first-order valence-electron chi connectivity index (χ1n) is 4.48. The number of carboxylic acid groups (broad SMARTS) is 1. The van der Waals surface area contributed by atoms with E-state index in [1.54, 1.807) is 26.0 Å². The van der Waals surface area contributed by atoms with E-state index in [2.05, 4.69) is 22.5 Å². The van der Waals surface area contributed by atoms with Gasteiger partial charge in [-0.05, 0) is 30.6 Å². The van der Waals surface area contributed by atoms with E-state index in [4.69, 9.17) is 10.2 Å². The largest absolute Gasteiger partial charge is 0.513 e. The summed E-state index contributed by atoms with van der Waals surface area (Å²) in [6.07, 6.45) is 3.27. The summed E-state index contributed by atoms with van der Waals surface area (Å²) in [4.78, 5) is 10.5. The lowest BCUT2D eigenvalue weighted by Gasteiger charge is -2.10. The topological polar surface area (TPSA) is 57.5 Å². The second-order valence-corrected chi connectivity index (χ2v) is 4.39. The molecular formula is C11H15BrO3. The lowest BCUT2D eigenvalue weighted by Crippen LogP contribution is -2.06. The number of aliphatic hydroxyl groups is 1. The minimum absolute atomic E-state index is 0.0237. The van der Waals surface area contributed by atoms with Crippen LogP contribution in [-0.4, -0.2) is 16.2 Å². The molecule has 0 saturated carbocycles. The molecule has 3 nitrogen and oxygen atoms in total. The Labute approximate surface area is 97.9 Å². The Morgan fingerprint density at radius 3 is 2.33 bits per heavy atom. The number of hydrogen-bond acceptors (Lipinski definition) is 2. The lowest BCUT2D eigenvalue weighted by atomic mass is 9.96. The molecule has 0 aliphatic rings. The molecule has 15 heavy (non-hydrogen) atoms. The number of hydrogen-bond donors (Lipinski definition) is 2. The summed E-state index contributed by atoms with van der Waals surface area (Å²) in [5.41, 5.74) is 0.735. The molecule has 0 amide bonds. The molecule has 0 aromatic rings. The molecule has 1 atom stereocenters. The Hall–Kier alpha value is -1.03. The average molecular weight is 275 g/mol. The van der Waals surface area contributed by atoms with E-state index >= 15 is 0 Å². The normalized spacial score (nSPS) is 14.9. The van der Waals surface area contributed by atoms with Gasteiger partial charge in [-0.15, -0.1) is 0 Å². The van der Waals surface area contributed by atoms with Crippen molar-refractivity contribution in [2.45, 2.75) is 20.3 Å². The van der Waals surface area contributed by atoms with Gasteiger partial charge in [-0.1, -0.05) is 29.4 Å². The van der Waals surface area contributed by atoms with Crippen LogP contribution in [-0.2, 0) is 4.79 Å². The molecule has 0 fully saturated rings. The minimum atomic E-state index is -0.863. The van der Waals surface area contributed by atoms with Crippen molar-refractivity contribution < 1.29 is 15.0 Å². The maximum atomic E-state index is 10.5. The quantitative estimate of drug-likeness (QED) is 0.597. The molecule has 4 heteroatoms. The molecule has 0 aliphatic heterocycles. The van der Waals surface area contributed by atoms with E-state index in [0.717, 1.165) is 5.57 Å². The predicted octanol–water partition coefficient (Wildman–Crippen LogP) is 3.39. The van der Waals surface area contributed by atoms with Crippen LogP contribution in [0.5, 0.6) is 0 Å². The highest BCUT2D eigenvalue weighted by Gasteiger charge is 2.11. The minimum Gasteiger partial charge on any atom is -0.513 e. The van der Waals surface area contributed by atoms with Gasteiger partial charge in [-0.2, -0.15) is 0 Å². The van der Waals surface area contributed by atoms with E-state index < -0.39 is 5.97 Å². The zero-order chi connectivity index (χ0) is 12.0. The number of allylic oxidation sites excluding steroid dienone is 5. The van der Waals surface area contributed by atoms with Gasteiger partial charge in [0.2, 0.25) is 0 Å². The zero-order valence-corrected chi connectivity index (χ0v) is 10.4. The van der Waals surface area contributed by atoms with E-state index in [-0.39, 0.29) is 18.1 Å². The maximum absolute atomic E-state index is 10.5. The van der Waals surface area contributed by atoms with Gasteiger partial charge in [0.15, 0.2) is 0 Å². The van der Waals surface area contributed by atoms with Crippen LogP contribution in [0.25, 0.3) is 0 Å². The van der Waals surface area contributed by atoms with Crippen LogP contribution in [0.15, 0.2) is 34.5 Å². The van der Waals surface area contributed by atoms with Crippen molar-refractivity contribution in [3.63, 3.8) is 0 Å². The molecule has 0 radical (unpaired) electrons. The second-order valence-electron chi connectivity index (χ2n) is 3.38. The van der Waals surface area contributed by atoms with E-state index in [9.17, 15) is 4.79 Å². The van der Waals surface area contributed by atoms with Crippen molar-refractivity contribution in [3.05, 3.63) is 34.5 Å². The molecule has 0 heterocycles. The molecule has 84 valence electrons. The van der Waals surface area contributed by atoms with Crippen LogP contribution in [0.3, 0.4) is 0 Å². The van der Waals surface area contributed by atoms with Crippen molar-refractivity contribution in [2.24, 2.45) is 5.92 Å². The standard InChI is InChI=1S/C11H15BrO3/c1-7(4-11(14)15)10(5-8(2)12)6-9(3)13/h5-7,13H,2,4H2,1,3H3,(H,14,15)/b9-6+,10-5+. The van der Waals surface area contributed by atoms with Gasteiger partial charge >= 0.3 is 5.97 Å². The Balaban J connectivity index is 4.86. The third-order valence-corrected chi connectivity index (χ3v) is 1.98. The molecular weight excluding hydrogens is 260 g/mol. The third-order valence-electron chi connectivity index (χ3n) is 1.75. The van der Waals surface area contributed by atoms with Gasteiger partial charge in [0.05, 0.1) is 12.2 Å². The van der Waals surface area contributed by atoms with Crippen molar-refractivity contribution >= 4 is 21.9 Å². The molecule has 1 unspecified atom stereocenters. The van der Waals surface area contributed by atoms with Gasteiger partial charge in [0.1, 0.15) is 0 Å². The molecule has 0 rings (SSSR count). The number of carbonyl (C=O) groups is 1. The monoisotopic (exact) mass is 274 g/mol. The van der Waals surface area contributed by atoms with Crippen LogP contribution in [0.1, 0.15) is 20.3 Å². The summed E-state index contributed by atoms with van der Waals surface area (Å²) in [5, 5.41) is 17.8. The number of halogens is 1. The second kappa shape index (κ2) is 6.45. The van der Waals surface area contributed by atoms with Crippen LogP contribution < -0.4 is 0 Å². The summed E-state index contributed by atoms with van der Waals surface area (Å²) < 4.78 is 0.646. The number of aliphatic hydroxyl groups excluding tert-OH is 1. The third kappa shape index (κ3) is 6.96. The Kier molecular flexibility index (Phi) is 6.01. The van der Waals surface area contributed by atoms with Crippen molar-refractivity contribution in [1.82, 2.24) is 0 Å². The molecule has 2 N–H and O–H groups in total. The van der Waals surface area contributed by atoms with E-state index in [1.165, 1.54) is 0 Å². The van der Waals surface area contributed by atoms with Gasteiger partial charge in [0, 0.05) is 4.48 Å². The first kappa shape index (κ1) is 14.0. The SMILES string of the molecule is C=C(Br)/C=C(\C=C(/C)O)C(C)CC(=O)O. The first-order valence-corrected chi connectivity index (χ1v) is 5.27. The molecule has 0 bridgehead atoms. The zero-order valence-electron chi connectivity index (χ0n) is 8.83. The van der Waals surface area contributed by atoms with Gasteiger partial charge in [0.25, 0.3) is 0 Å². The van der Waals surface area contributed by atoms with Gasteiger partial charge in [-0.25, -0.2) is 0 Å². The Morgan fingerprint density at radius 2 is 2.00 bits per heavy atom. The molecule has 0 spiro atoms. The van der Waals surface area contributed by atoms with Crippen molar-refractivity contribution in [2.75, 3.05) is 0 Å². The Morgan fingerprint density at radius 1 is 1.47 bits per heavy atom. The number of aliphatic carboxylic acids is 1. The number of rotatable bonds is 5. The van der Waals surface area contributed by atoms with Crippen molar-refractivity contribution in [3.8, 4) is 0 Å². The van der Waals surface area contributed by atoms with Crippen LogP contribution in [0, 0.1) is 5.92 Å². The molecule has 0 aromatic carbocycles. The highest BCUT2D eigenvalue weighted by atomic mass is 79.9. The summed E-state index contributed by atoms with van der Waals surface area (Å²) in [6.45, 7) is 6.97. The summed E-state index contributed by atoms with van der Waals surface area (Å²) >= 11 is 3.17. The fourth-order valence-corrected chi connectivity index (χ4v) is 1.39. The van der Waals surface area contributed by atoms with Gasteiger partial charge < -0.3 is 10.2 Å². The summed E-state index contributed by atoms with van der Waals surface area (Å²) in [6, 6.07) is 0. The molecule has 0 saturated heterocycles. The highest BCUT2D eigenvalue weighted by Crippen LogP contribution is 2.20. The fourth-order valence-electron chi connectivity index (χ4n) is 1.13. The Bertz CT molecular complexity index is 312. The van der Waals surface area contributed by atoms with Crippen LogP contribution in [0.2, 0.25) is 0 Å². The summed E-state index contributed by atoms with van der Waals surface area (Å²) in [7, 11) is 0. The molecule has 0 aliphatic carbocycles. The van der Waals surface area contributed by atoms with Crippen LogP contribution in [0.4, 0.5) is 0 Å². The van der Waals surface area contributed by atoms with Crippen molar-refractivity contribution in [1.29, 1.82) is 0 Å². The molecule has 0 aromatic heterocycles. The summed E-state index contributed by atoms with van der Waals surface area (Å²) in [5.74, 6) is -0.885. The number of carboxylic acids is 1. The maximum Gasteiger partial charge on any atom is 0.303 e.